The van der Waals surface area contributed by atoms with Crippen LogP contribution in [0.4, 0.5) is 0 Å². The van der Waals surface area contributed by atoms with Crippen LogP contribution in [0.15, 0.2) is 22.8 Å². The number of carboxylic acids is 1. The Hall–Kier alpha value is -1.25. The maximum absolute atomic E-state index is 10.2. The molecule has 3 heteroatoms. The largest absolute Gasteiger partial charge is 0.481 e. The molecular weight excluding hydrogens is 168 g/mol. The van der Waals surface area contributed by atoms with Crippen molar-refractivity contribution in [2.45, 2.75) is 32.1 Å². The molecule has 1 rings (SSSR count). The topological polar surface area (TPSA) is 50.4 Å². The van der Waals surface area contributed by atoms with Gasteiger partial charge >= 0.3 is 5.97 Å². The minimum atomic E-state index is -0.730. The van der Waals surface area contributed by atoms with E-state index in [0.29, 0.717) is 12.3 Å². The van der Waals surface area contributed by atoms with Gasteiger partial charge in [-0.15, -0.1) is 0 Å². The van der Waals surface area contributed by atoms with Gasteiger partial charge in [0.05, 0.1) is 6.26 Å². The molecule has 1 aromatic heterocycles. The smallest absolute Gasteiger partial charge is 0.303 e. The van der Waals surface area contributed by atoms with E-state index in [9.17, 15) is 4.79 Å². The Morgan fingerprint density at radius 3 is 3.00 bits per heavy atom. The van der Waals surface area contributed by atoms with Gasteiger partial charge in [0.2, 0.25) is 0 Å². The van der Waals surface area contributed by atoms with E-state index in [1.807, 2.05) is 19.1 Å². The number of hydrogen-bond acceptors (Lipinski definition) is 2. The minimum absolute atomic E-state index is 0.241. The summed E-state index contributed by atoms with van der Waals surface area (Å²) < 4.78 is 5.21. The van der Waals surface area contributed by atoms with E-state index in [-0.39, 0.29) is 6.42 Å². The van der Waals surface area contributed by atoms with Gasteiger partial charge in [-0.3, -0.25) is 4.79 Å². The minimum Gasteiger partial charge on any atom is -0.481 e. The van der Waals surface area contributed by atoms with Crippen molar-refractivity contribution >= 4 is 5.97 Å². The molecule has 72 valence electrons. The van der Waals surface area contributed by atoms with Crippen molar-refractivity contribution in [1.82, 2.24) is 0 Å². The summed E-state index contributed by atoms with van der Waals surface area (Å²) in [6.07, 6.45) is 3.45. The van der Waals surface area contributed by atoms with Crippen molar-refractivity contribution < 1.29 is 14.3 Å². The predicted octanol–water partition coefficient (Wildman–Crippen LogP) is 2.64. The Balaban J connectivity index is 2.26. The van der Waals surface area contributed by atoms with Crippen LogP contribution in [0.5, 0.6) is 0 Å². The second-order valence-corrected chi connectivity index (χ2v) is 3.20. The molecule has 1 aromatic rings. The normalized spacial score (nSPS) is 12.7. The molecule has 0 saturated heterocycles. The fourth-order valence-electron chi connectivity index (χ4n) is 1.27. The van der Waals surface area contributed by atoms with E-state index in [1.54, 1.807) is 6.26 Å². The van der Waals surface area contributed by atoms with Crippen LogP contribution in [-0.2, 0) is 4.79 Å². The first-order valence-electron chi connectivity index (χ1n) is 4.45. The number of furan rings is 1. The third-order valence-electron chi connectivity index (χ3n) is 2.06. The molecule has 0 aliphatic rings. The molecule has 1 atom stereocenters. The Morgan fingerprint density at radius 2 is 2.46 bits per heavy atom. The first-order valence-corrected chi connectivity index (χ1v) is 4.45. The molecule has 0 unspecified atom stereocenters. The lowest BCUT2D eigenvalue weighted by molar-refractivity contribution is -0.137. The average Bonchev–Trinajstić information content (AvgIpc) is 2.55. The molecule has 1 N–H and O–H groups in total. The molecule has 1 heterocycles. The maximum atomic E-state index is 10.2. The standard InChI is InChI=1S/C10H14O3/c1-8(4-2-6-10(11)12)9-5-3-7-13-9/h3,5,7-8H,2,4,6H2,1H3,(H,11,12)/t8-/m0/s1. The Morgan fingerprint density at radius 1 is 1.69 bits per heavy atom. The van der Waals surface area contributed by atoms with Crippen molar-refractivity contribution in [3.8, 4) is 0 Å². The quantitative estimate of drug-likeness (QED) is 0.761. The summed E-state index contributed by atoms with van der Waals surface area (Å²) in [7, 11) is 0. The van der Waals surface area contributed by atoms with Crippen LogP contribution in [0.3, 0.4) is 0 Å². The van der Waals surface area contributed by atoms with E-state index in [1.165, 1.54) is 0 Å². The molecule has 0 saturated carbocycles. The molecule has 0 aliphatic carbocycles. The average molecular weight is 182 g/mol. The van der Waals surface area contributed by atoms with Crippen LogP contribution < -0.4 is 0 Å². The van der Waals surface area contributed by atoms with Crippen LogP contribution in [0.2, 0.25) is 0 Å². The van der Waals surface area contributed by atoms with Gasteiger partial charge in [-0.05, 0) is 25.0 Å². The molecule has 3 nitrogen and oxygen atoms in total. The van der Waals surface area contributed by atoms with Crippen LogP contribution >= 0.6 is 0 Å². The maximum Gasteiger partial charge on any atom is 0.303 e. The van der Waals surface area contributed by atoms with E-state index in [2.05, 4.69) is 0 Å². The van der Waals surface area contributed by atoms with E-state index < -0.39 is 5.97 Å². The van der Waals surface area contributed by atoms with Gasteiger partial charge in [-0.25, -0.2) is 0 Å². The number of rotatable bonds is 5. The summed E-state index contributed by atoms with van der Waals surface area (Å²) in [6, 6.07) is 3.77. The number of carboxylic acid groups (broad SMARTS) is 1. The number of hydrogen-bond donors (Lipinski definition) is 1. The molecule has 0 radical (unpaired) electrons. The van der Waals surface area contributed by atoms with Crippen LogP contribution in [-0.4, -0.2) is 11.1 Å². The summed E-state index contributed by atoms with van der Waals surface area (Å²) in [5.74, 6) is 0.520. The van der Waals surface area contributed by atoms with Gasteiger partial charge in [0.15, 0.2) is 0 Å². The molecule has 0 amide bonds. The summed E-state index contributed by atoms with van der Waals surface area (Å²) in [4.78, 5) is 10.2. The van der Waals surface area contributed by atoms with Crippen LogP contribution in [0, 0.1) is 0 Å². The van der Waals surface area contributed by atoms with Crippen molar-refractivity contribution in [2.75, 3.05) is 0 Å². The molecular formula is C10H14O3. The van der Waals surface area contributed by atoms with E-state index in [0.717, 1.165) is 12.2 Å². The van der Waals surface area contributed by atoms with Gasteiger partial charge < -0.3 is 9.52 Å². The summed E-state index contributed by atoms with van der Waals surface area (Å²) >= 11 is 0. The van der Waals surface area contributed by atoms with Gasteiger partial charge in [0.1, 0.15) is 5.76 Å². The predicted molar refractivity (Wildman–Crippen MR) is 48.6 cm³/mol. The van der Waals surface area contributed by atoms with Gasteiger partial charge in [0.25, 0.3) is 0 Å². The monoisotopic (exact) mass is 182 g/mol. The third kappa shape index (κ3) is 3.32. The molecule has 0 bridgehead atoms. The lowest BCUT2D eigenvalue weighted by Crippen LogP contribution is -1.97. The first-order chi connectivity index (χ1) is 6.20. The van der Waals surface area contributed by atoms with E-state index in [4.69, 9.17) is 9.52 Å². The lowest BCUT2D eigenvalue weighted by Gasteiger charge is -2.06. The number of aliphatic carboxylic acids is 1. The van der Waals surface area contributed by atoms with Crippen LogP contribution in [0.25, 0.3) is 0 Å². The van der Waals surface area contributed by atoms with Gasteiger partial charge in [0, 0.05) is 12.3 Å². The zero-order valence-electron chi connectivity index (χ0n) is 7.69. The van der Waals surface area contributed by atoms with E-state index >= 15 is 0 Å². The zero-order valence-corrected chi connectivity index (χ0v) is 7.69. The van der Waals surface area contributed by atoms with Crippen molar-refractivity contribution in [3.63, 3.8) is 0 Å². The molecule has 13 heavy (non-hydrogen) atoms. The summed E-state index contributed by atoms with van der Waals surface area (Å²) in [6.45, 7) is 2.04. The summed E-state index contributed by atoms with van der Waals surface area (Å²) in [5.41, 5.74) is 0. The van der Waals surface area contributed by atoms with Crippen molar-refractivity contribution in [1.29, 1.82) is 0 Å². The highest BCUT2D eigenvalue weighted by molar-refractivity contribution is 5.66. The lowest BCUT2D eigenvalue weighted by atomic mass is 10.0. The van der Waals surface area contributed by atoms with Crippen molar-refractivity contribution in [3.05, 3.63) is 24.2 Å². The zero-order chi connectivity index (χ0) is 9.68. The van der Waals surface area contributed by atoms with Crippen molar-refractivity contribution in [2.24, 2.45) is 0 Å². The third-order valence-corrected chi connectivity index (χ3v) is 2.06. The first kappa shape index (κ1) is 9.84. The van der Waals surface area contributed by atoms with Gasteiger partial charge in [-0.1, -0.05) is 6.92 Å². The molecule has 0 fully saturated rings. The highest BCUT2D eigenvalue weighted by Gasteiger charge is 2.08. The highest BCUT2D eigenvalue weighted by atomic mass is 16.4. The Kier molecular flexibility index (Phi) is 3.55. The fraction of sp³-hybridized carbons (Fsp3) is 0.500. The molecule has 0 aromatic carbocycles. The summed E-state index contributed by atoms with van der Waals surface area (Å²) in [5, 5.41) is 8.43. The highest BCUT2D eigenvalue weighted by Crippen LogP contribution is 2.21. The number of carbonyl (C=O) groups is 1. The second-order valence-electron chi connectivity index (χ2n) is 3.20. The SMILES string of the molecule is C[C@@H](CCCC(=O)O)c1ccco1. The molecule has 0 aliphatic heterocycles. The second kappa shape index (κ2) is 4.70. The Labute approximate surface area is 77.4 Å². The van der Waals surface area contributed by atoms with Gasteiger partial charge in [-0.2, -0.15) is 0 Å². The fourth-order valence-corrected chi connectivity index (χ4v) is 1.27. The van der Waals surface area contributed by atoms with Crippen LogP contribution in [0.1, 0.15) is 37.9 Å². The molecule has 0 spiro atoms. The Bertz CT molecular complexity index is 251.